The first-order valence-corrected chi connectivity index (χ1v) is 3.03. The Morgan fingerprint density at radius 1 is 1.67 bits per heavy atom. The van der Waals surface area contributed by atoms with Crippen LogP contribution >= 0.6 is 0 Å². The molecule has 54 valence electrons. The van der Waals surface area contributed by atoms with Gasteiger partial charge in [0.2, 0.25) is 0 Å². The zero-order valence-corrected chi connectivity index (χ0v) is 5.12. The van der Waals surface area contributed by atoms with Gasteiger partial charge in [0.15, 0.2) is 0 Å². The molecule has 0 aliphatic carbocycles. The fourth-order valence-corrected chi connectivity index (χ4v) is 0.999. The van der Waals surface area contributed by atoms with Crippen molar-refractivity contribution in [3.05, 3.63) is 0 Å². The minimum absolute atomic E-state index is 0.00176. The Balaban J connectivity index is 2.41. The van der Waals surface area contributed by atoms with Crippen molar-refractivity contribution >= 4 is 0 Å². The van der Waals surface area contributed by atoms with Gasteiger partial charge in [-0.15, -0.1) is 0 Å². The summed E-state index contributed by atoms with van der Waals surface area (Å²) in [4.78, 5) is 0. The van der Waals surface area contributed by atoms with E-state index in [0.717, 1.165) is 0 Å². The third-order valence-electron chi connectivity index (χ3n) is 1.69. The van der Waals surface area contributed by atoms with Gasteiger partial charge < -0.3 is 21.3 Å². The molecule has 3 atom stereocenters. The van der Waals surface area contributed by atoms with Gasteiger partial charge in [0.1, 0.15) is 0 Å². The highest BCUT2D eigenvalue weighted by Crippen LogP contribution is 2.03. The Morgan fingerprint density at radius 3 is 2.56 bits per heavy atom. The van der Waals surface area contributed by atoms with Crippen LogP contribution in [-0.2, 0) is 0 Å². The molecule has 1 aliphatic rings. The average Bonchev–Trinajstić information content (AvgIpc) is 2.15. The van der Waals surface area contributed by atoms with Gasteiger partial charge in [-0.3, -0.25) is 0 Å². The third-order valence-corrected chi connectivity index (χ3v) is 1.69. The molecule has 0 bridgehead atoms. The smallest absolute Gasteiger partial charge is 0.0831 e. The van der Waals surface area contributed by atoms with Crippen LogP contribution in [0.1, 0.15) is 0 Å². The van der Waals surface area contributed by atoms with Crippen molar-refractivity contribution in [2.24, 2.45) is 5.73 Å². The van der Waals surface area contributed by atoms with Crippen LogP contribution < -0.4 is 11.1 Å². The number of hydrogen-bond acceptors (Lipinski definition) is 4. The molecule has 4 nitrogen and oxygen atoms in total. The molecule has 0 aromatic carbocycles. The summed E-state index contributed by atoms with van der Waals surface area (Å²) in [5.41, 5.74) is 5.46. The van der Waals surface area contributed by atoms with E-state index < -0.39 is 6.10 Å². The summed E-state index contributed by atoms with van der Waals surface area (Å²) in [5.74, 6) is 0. The second-order valence-electron chi connectivity index (χ2n) is 2.34. The van der Waals surface area contributed by atoms with Gasteiger partial charge in [0, 0.05) is 18.6 Å². The fourth-order valence-electron chi connectivity index (χ4n) is 0.999. The largest absolute Gasteiger partial charge is 0.395 e. The van der Waals surface area contributed by atoms with Crippen LogP contribution in [0.15, 0.2) is 0 Å². The van der Waals surface area contributed by atoms with Gasteiger partial charge in [-0.1, -0.05) is 0 Å². The molecular weight excluding hydrogens is 120 g/mol. The molecule has 0 aromatic heterocycles. The van der Waals surface area contributed by atoms with Gasteiger partial charge in [0.25, 0.3) is 0 Å². The maximum atomic E-state index is 9.00. The molecule has 1 rings (SSSR count). The molecule has 5 N–H and O–H groups in total. The predicted octanol–water partition coefficient (Wildman–Crippen LogP) is -2.36. The van der Waals surface area contributed by atoms with Crippen molar-refractivity contribution in [3.8, 4) is 0 Å². The molecule has 1 heterocycles. The van der Waals surface area contributed by atoms with Crippen molar-refractivity contribution in [2.45, 2.75) is 18.2 Å². The summed E-state index contributed by atoms with van der Waals surface area (Å²) in [6.45, 7) is 0.491. The molecule has 9 heavy (non-hydrogen) atoms. The monoisotopic (exact) mass is 132 g/mol. The van der Waals surface area contributed by atoms with E-state index >= 15 is 0 Å². The van der Waals surface area contributed by atoms with E-state index in [1.807, 2.05) is 0 Å². The number of β-amino-alcohol motifs (C(OH)–C–C–N with tert-alkyl or cyclic N) is 1. The lowest BCUT2D eigenvalue weighted by atomic mass is 10.1. The molecule has 0 saturated carbocycles. The molecule has 1 aliphatic heterocycles. The predicted molar refractivity (Wildman–Crippen MR) is 32.9 cm³/mol. The first kappa shape index (κ1) is 6.95. The maximum Gasteiger partial charge on any atom is 0.0831 e. The summed E-state index contributed by atoms with van der Waals surface area (Å²) >= 11 is 0. The van der Waals surface area contributed by atoms with Crippen molar-refractivity contribution in [2.75, 3.05) is 13.2 Å². The molecule has 1 fully saturated rings. The number of rotatable bonds is 1. The standard InChI is InChI=1S/C5H12N2O2/c6-5-3(2-8)7-1-4(5)9/h3-5,7-9H,1-2,6H2/t3-,4-,5-/m1/s1. The Labute approximate surface area is 53.7 Å². The Morgan fingerprint density at radius 2 is 2.33 bits per heavy atom. The zero-order chi connectivity index (χ0) is 6.85. The number of aliphatic hydroxyl groups is 2. The lowest BCUT2D eigenvalue weighted by molar-refractivity contribution is 0.162. The minimum atomic E-state index is -0.498. The lowest BCUT2D eigenvalue weighted by Crippen LogP contribution is -2.42. The van der Waals surface area contributed by atoms with Crippen molar-refractivity contribution in [1.29, 1.82) is 0 Å². The highest BCUT2D eigenvalue weighted by atomic mass is 16.3. The molecule has 4 heteroatoms. The van der Waals surface area contributed by atoms with Gasteiger partial charge in [0.05, 0.1) is 12.7 Å². The zero-order valence-electron chi connectivity index (χ0n) is 5.12. The number of nitrogens with two attached hydrogens (primary N) is 1. The molecular formula is C5H12N2O2. The van der Waals surface area contributed by atoms with E-state index in [0.29, 0.717) is 6.54 Å². The van der Waals surface area contributed by atoms with Crippen LogP contribution in [-0.4, -0.2) is 41.6 Å². The topological polar surface area (TPSA) is 78.5 Å². The SMILES string of the molecule is N[C@H]1[C@H](O)CN[C@@H]1CO. The summed E-state index contributed by atoms with van der Waals surface area (Å²) in [7, 11) is 0. The molecule has 0 unspecified atom stereocenters. The van der Waals surface area contributed by atoms with Gasteiger partial charge >= 0.3 is 0 Å². The summed E-state index contributed by atoms with van der Waals surface area (Å²) in [6, 6.07) is -0.435. The molecule has 0 radical (unpaired) electrons. The number of nitrogens with one attached hydrogen (secondary N) is 1. The molecule has 0 amide bonds. The second-order valence-corrected chi connectivity index (χ2v) is 2.34. The summed E-state index contributed by atoms with van der Waals surface area (Å²) in [6.07, 6.45) is -0.498. The normalized spacial score (nSPS) is 43.7. The average molecular weight is 132 g/mol. The Kier molecular flexibility index (Phi) is 2.02. The van der Waals surface area contributed by atoms with E-state index in [-0.39, 0.29) is 18.7 Å². The first-order valence-electron chi connectivity index (χ1n) is 3.03. The maximum absolute atomic E-state index is 9.00. The second kappa shape index (κ2) is 2.62. The van der Waals surface area contributed by atoms with Crippen LogP contribution in [0.2, 0.25) is 0 Å². The number of hydrogen-bond donors (Lipinski definition) is 4. The highest BCUT2D eigenvalue weighted by molar-refractivity contribution is 4.92. The van der Waals surface area contributed by atoms with Crippen LogP contribution in [0.5, 0.6) is 0 Å². The van der Waals surface area contributed by atoms with Crippen LogP contribution in [0.3, 0.4) is 0 Å². The Bertz CT molecular complexity index is 99.0. The molecule has 0 aromatic rings. The van der Waals surface area contributed by atoms with Crippen LogP contribution in [0, 0.1) is 0 Å². The third kappa shape index (κ3) is 1.21. The first-order chi connectivity index (χ1) is 4.25. The van der Waals surface area contributed by atoms with Crippen molar-refractivity contribution in [3.63, 3.8) is 0 Å². The Hall–Kier alpha value is -0.160. The van der Waals surface area contributed by atoms with E-state index in [1.54, 1.807) is 0 Å². The van der Waals surface area contributed by atoms with Crippen molar-refractivity contribution in [1.82, 2.24) is 5.32 Å². The van der Waals surface area contributed by atoms with E-state index in [9.17, 15) is 0 Å². The molecule has 1 saturated heterocycles. The van der Waals surface area contributed by atoms with Crippen LogP contribution in [0.4, 0.5) is 0 Å². The quantitative estimate of drug-likeness (QED) is 0.322. The number of aliphatic hydroxyl groups excluding tert-OH is 2. The highest BCUT2D eigenvalue weighted by Gasteiger charge is 2.30. The lowest BCUT2D eigenvalue weighted by Gasteiger charge is -2.12. The van der Waals surface area contributed by atoms with E-state index in [1.165, 1.54) is 0 Å². The van der Waals surface area contributed by atoms with E-state index in [2.05, 4.69) is 5.32 Å². The minimum Gasteiger partial charge on any atom is -0.395 e. The van der Waals surface area contributed by atoms with Gasteiger partial charge in [-0.05, 0) is 0 Å². The fraction of sp³-hybridized carbons (Fsp3) is 1.00. The van der Waals surface area contributed by atoms with Crippen molar-refractivity contribution < 1.29 is 10.2 Å². The van der Waals surface area contributed by atoms with Gasteiger partial charge in [-0.2, -0.15) is 0 Å². The summed E-state index contributed by atoms with van der Waals surface area (Å²) in [5, 5.41) is 20.5. The van der Waals surface area contributed by atoms with Gasteiger partial charge in [-0.25, -0.2) is 0 Å². The molecule has 0 spiro atoms. The van der Waals surface area contributed by atoms with E-state index in [4.69, 9.17) is 15.9 Å². The summed E-state index contributed by atoms with van der Waals surface area (Å²) < 4.78 is 0. The van der Waals surface area contributed by atoms with Crippen LogP contribution in [0.25, 0.3) is 0 Å².